The summed E-state index contributed by atoms with van der Waals surface area (Å²) in [5, 5.41) is 0.426. The molecular formula is C11H10ClN3O2. The van der Waals surface area contributed by atoms with Gasteiger partial charge in [-0.1, -0.05) is 17.7 Å². The molecule has 0 radical (unpaired) electrons. The molecule has 2 rings (SSSR count). The molecule has 1 aromatic heterocycles. The van der Waals surface area contributed by atoms with E-state index in [1.54, 1.807) is 18.2 Å². The second-order valence-electron chi connectivity index (χ2n) is 3.32. The first-order valence-corrected chi connectivity index (χ1v) is 5.28. The molecule has 0 fully saturated rings. The van der Waals surface area contributed by atoms with Crippen LogP contribution in [-0.2, 0) is 6.54 Å². The molecule has 0 amide bonds. The molecule has 88 valence electrons. The fourth-order valence-electron chi connectivity index (χ4n) is 1.27. The van der Waals surface area contributed by atoms with Crippen LogP contribution < -0.4 is 16.0 Å². The van der Waals surface area contributed by atoms with E-state index in [0.717, 1.165) is 5.56 Å². The van der Waals surface area contributed by atoms with Gasteiger partial charge in [-0.15, -0.1) is 0 Å². The van der Waals surface area contributed by atoms with E-state index in [9.17, 15) is 4.79 Å². The number of aromatic nitrogens is 2. The van der Waals surface area contributed by atoms with E-state index in [0.29, 0.717) is 17.3 Å². The van der Waals surface area contributed by atoms with Gasteiger partial charge in [0, 0.05) is 6.54 Å². The Morgan fingerprint density at radius 1 is 1.41 bits per heavy atom. The van der Waals surface area contributed by atoms with Crippen molar-refractivity contribution in [3.8, 4) is 11.6 Å². The fourth-order valence-corrected chi connectivity index (χ4v) is 1.51. The van der Waals surface area contributed by atoms with Crippen molar-refractivity contribution in [3.05, 3.63) is 51.5 Å². The first kappa shape index (κ1) is 11.6. The van der Waals surface area contributed by atoms with E-state index in [-0.39, 0.29) is 11.4 Å². The predicted molar refractivity (Wildman–Crippen MR) is 64.3 cm³/mol. The largest absolute Gasteiger partial charge is 0.437 e. The minimum atomic E-state index is -0.287. The maximum atomic E-state index is 11.0. The van der Waals surface area contributed by atoms with Gasteiger partial charge in [0.05, 0.1) is 17.4 Å². The van der Waals surface area contributed by atoms with Crippen LogP contribution in [0.15, 0.2) is 35.4 Å². The van der Waals surface area contributed by atoms with Crippen molar-refractivity contribution < 1.29 is 4.74 Å². The Balaban J connectivity index is 2.27. The van der Waals surface area contributed by atoms with Crippen molar-refractivity contribution in [2.75, 3.05) is 0 Å². The molecule has 0 atom stereocenters. The van der Waals surface area contributed by atoms with E-state index in [4.69, 9.17) is 22.1 Å². The minimum Gasteiger partial charge on any atom is -0.437 e. The molecule has 0 spiro atoms. The van der Waals surface area contributed by atoms with Crippen molar-refractivity contribution >= 4 is 11.6 Å². The zero-order valence-corrected chi connectivity index (χ0v) is 9.57. The lowest BCUT2D eigenvalue weighted by molar-refractivity contribution is 0.460. The van der Waals surface area contributed by atoms with Crippen LogP contribution in [-0.4, -0.2) is 9.97 Å². The quantitative estimate of drug-likeness (QED) is 0.870. The van der Waals surface area contributed by atoms with Gasteiger partial charge in [0.15, 0.2) is 0 Å². The number of nitrogens with one attached hydrogen (secondary N) is 1. The van der Waals surface area contributed by atoms with Gasteiger partial charge in [-0.3, -0.25) is 4.79 Å². The highest BCUT2D eigenvalue weighted by atomic mass is 35.5. The van der Waals surface area contributed by atoms with Gasteiger partial charge in [-0.2, -0.15) is 0 Å². The average Bonchev–Trinajstić information content (AvgIpc) is 2.32. The lowest BCUT2D eigenvalue weighted by atomic mass is 10.2. The van der Waals surface area contributed by atoms with Gasteiger partial charge >= 0.3 is 0 Å². The van der Waals surface area contributed by atoms with E-state index in [1.807, 2.05) is 0 Å². The molecule has 0 unspecified atom stereocenters. The maximum Gasteiger partial charge on any atom is 0.254 e. The van der Waals surface area contributed by atoms with Crippen LogP contribution >= 0.6 is 11.6 Å². The molecule has 0 bridgehead atoms. The van der Waals surface area contributed by atoms with E-state index >= 15 is 0 Å². The lowest BCUT2D eigenvalue weighted by Gasteiger charge is -2.07. The number of nitrogens with zero attached hydrogens (tertiary/aromatic N) is 1. The van der Waals surface area contributed by atoms with Gasteiger partial charge in [0.25, 0.3) is 5.56 Å². The van der Waals surface area contributed by atoms with Crippen molar-refractivity contribution in [2.45, 2.75) is 6.54 Å². The molecule has 0 saturated heterocycles. The second-order valence-corrected chi connectivity index (χ2v) is 3.73. The maximum absolute atomic E-state index is 11.0. The number of nitrogens with two attached hydrogens (primary N) is 1. The Labute approximate surface area is 102 Å². The van der Waals surface area contributed by atoms with Crippen LogP contribution in [0.25, 0.3) is 0 Å². The molecule has 2 aromatic rings. The SMILES string of the molecule is NCc1ccc(Oc2cc(=O)[nH]cn2)c(Cl)c1. The van der Waals surface area contributed by atoms with Crippen LogP contribution in [0.5, 0.6) is 11.6 Å². The van der Waals surface area contributed by atoms with Crippen LogP contribution in [0.1, 0.15) is 5.56 Å². The molecule has 5 nitrogen and oxygen atoms in total. The molecule has 3 N–H and O–H groups in total. The zero-order valence-electron chi connectivity index (χ0n) is 8.81. The zero-order chi connectivity index (χ0) is 12.3. The van der Waals surface area contributed by atoms with Crippen molar-refractivity contribution in [1.82, 2.24) is 9.97 Å². The third kappa shape index (κ3) is 2.83. The highest BCUT2D eigenvalue weighted by Crippen LogP contribution is 2.28. The first-order chi connectivity index (χ1) is 8.19. The van der Waals surface area contributed by atoms with Gasteiger partial charge in [0.1, 0.15) is 5.75 Å². The molecule has 1 aromatic carbocycles. The highest BCUT2D eigenvalue weighted by molar-refractivity contribution is 6.32. The van der Waals surface area contributed by atoms with E-state index in [1.165, 1.54) is 12.4 Å². The highest BCUT2D eigenvalue weighted by Gasteiger charge is 2.05. The van der Waals surface area contributed by atoms with Gasteiger partial charge in [0.2, 0.25) is 5.88 Å². The summed E-state index contributed by atoms with van der Waals surface area (Å²) >= 11 is 6.00. The topological polar surface area (TPSA) is 81.0 Å². The molecular weight excluding hydrogens is 242 g/mol. The van der Waals surface area contributed by atoms with Crippen molar-refractivity contribution in [3.63, 3.8) is 0 Å². The summed E-state index contributed by atoms with van der Waals surface area (Å²) in [6, 6.07) is 6.44. The number of aromatic amines is 1. The Morgan fingerprint density at radius 3 is 2.88 bits per heavy atom. The number of rotatable bonds is 3. The first-order valence-electron chi connectivity index (χ1n) is 4.90. The molecule has 1 heterocycles. The summed E-state index contributed by atoms with van der Waals surface area (Å²) in [6.45, 7) is 0.406. The average molecular weight is 252 g/mol. The Bertz CT molecular complexity index is 583. The molecule has 6 heteroatoms. The molecule has 0 aliphatic heterocycles. The summed E-state index contributed by atoms with van der Waals surface area (Å²) in [6.07, 6.45) is 1.26. The van der Waals surface area contributed by atoms with Crippen LogP contribution in [0.3, 0.4) is 0 Å². The monoisotopic (exact) mass is 251 g/mol. The fraction of sp³-hybridized carbons (Fsp3) is 0.0909. The standard InChI is InChI=1S/C11H10ClN3O2/c12-8-3-7(5-13)1-2-9(8)17-11-4-10(16)14-6-15-11/h1-4,6H,5,13H2,(H,14,15,16). The second kappa shape index (κ2) is 4.99. The number of ether oxygens (including phenoxy) is 1. The summed E-state index contributed by atoms with van der Waals surface area (Å²) in [4.78, 5) is 17.3. The molecule has 17 heavy (non-hydrogen) atoms. The van der Waals surface area contributed by atoms with Crippen LogP contribution in [0.2, 0.25) is 5.02 Å². The van der Waals surface area contributed by atoms with E-state index < -0.39 is 0 Å². The van der Waals surface area contributed by atoms with Crippen molar-refractivity contribution in [2.24, 2.45) is 5.73 Å². The number of halogens is 1. The number of hydrogen-bond acceptors (Lipinski definition) is 4. The van der Waals surface area contributed by atoms with Crippen molar-refractivity contribution in [1.29, 1.82) is 0 Å². The molecule has 0 aliphatic rings. The molecule has 0 aliphatic carbocycles. The third-order valence-electron chi connectivity index (χ3n) is 2.10. The molecule has 0 saturated carbocycles. The van der Waals surface area contributed by atoms with Gasteiger partial charge in [-0.05, 0) is 17.7 Å². The van der Waals surface area contributed by atoms with Crippen LogP contribution in [0.4, 0.5) is 0 Å². The lowest BCUT2D eigenvalue weighted by Crippen LogP contribution is -2.04. The Kier molecular flexibility index (Phi) is 3.41. The third-order valence-corrected chi connectivity index (χ3v) is 2.40. The summed E-state index contributed by atoms with van der Waals surface area (Å²) in [7, 11) is 0. The number of benzene rings is 1. The van der Waals surface area contributed by atoms with E-state index in [2.05, 4.69) is 9.97 Å². The Morgan fingerprint density at radius 2 is 2.24 bits per heavy atom. The van der Waals surface area contributed by atoms with Crippen LogP contribution in [0, 0.1) is 0 Å². The smallest absolute Gasteiger partial charge is 0.254 e. The number of hydrogen-bond donors (Lipinski definition) is 2. The summed E-state index contributed by atoms with van der Waals surface area (Å²) in [5.41, 5.74) is 6.10. The summed E-state index contributed by atoms with van der Waals surface area (Å²) < 4.78 is 5.39. The Hall–Kier alpha value is -1.85. The normalized spacial score (nSPS) is 10.2. The summed E-state index contributed by atoms with van der Waals surface area (Å²) in [5.74, 6) is 0.623. The number of H-pyrrole nitrogens is 1. The predicted octanol–water partition coefficient (Wildman–Crippen LogP) is 1.67. The van der Waals surface area contributed by atoms with Gasteiger partial charge < -0.3 is 15.5 Å². The van der Waals surface area contributed by atoms with Gasteiger partial charge in [-0.25, -0.2) is 4.98 Å². The minimum absolute atomic E-state index is 0.191.